The van der Waals surface area contributed by atoms with Crippen LogP contribution in [0.25, 0.3) is 0 Å². The van der Waals surface area contributed by atoms with E-state index in [-0.39, 0.29) is 5.91 Å². The summed E-state index contributed by atoms with van der Waals surface area (Å²) < 4.78 is 0. The molecule has 1 aromatic heterocycles. The van der Waals surface area contributed by atoms with Crippen LogP contribution < -0.4 is 5.32 Å². The molecule has 1 aromatic carbocycles. The van der Waals surface area contributed by atoms with Crippen LogP contribution in [-0.2, 0) is 4.79 Å². The van der Waals surface area contributed by atoms with Crippen LogP contribution in [-0.4, -0.2) is 58.3 Å². The second kappa shape index (κ2) is 7.29. The highest BCUT2D eigenvalue weighted by Crippen LogP contribution is 2.22. The number of anilines is 2. The Morgan fingerprint density at radius 2 is 1.80 bits per heavy atom. The molecule has 0 radical (unpaired) electrons. The van der Waals surface area contributed by atoms with Gasteiger partial charge in [0.05, 0.1) is 0 Å². The number of hydrogen-bond donors (Lipinski definition) is 1. The summed E-state index contributed by atoms with van der Waals surface area (Å²) in [6.07, 6.45) is 2.40. The summed E-state index contributed by atoms with van der Waals surface area (Å²) >= 11 is 0. The summed E-state index contributed by atoms with van der Waals surface area (Å²) in [5.41, 5.74) is 3.48. The topological polar surface area (TPSA) is 78.4 Å². The quantitative estimate of drug-likeness (QED) is 0.859. The van der Waals surface area contributed by atoms with E-state index in [4.69, 9.17) is 0 Å². The number of carbonyl (C=O) groups is 2. The highest BCUT2D eigenvalue weighted by atomic mass is 16.2. The number of amides is 2. The minimum atomic E-state index is -0.141. The number of piperazine rings is 1. The van der Waals surface area contributed by atoms with Crippen LogP contribution in [0.5, 0.6) is 0 Å². The average Bonchev–Trinajstić information content (AvgIpc) is 2.64. The maximum absolute atomic E-state index is 12.6. The van der Waals surface area contributed by atoms with Crippen LogP contribution in [0.2, 0.25) is 0 Å². The molecule has 7 heteroatoms. The van der Waals surface area contributed by atoms with Crippen LogP contribution in [0.1, 0.15) is 21.6 Å². The molecule has 1 aliphatic rings. The van der Waals surface area contributed by atoms with Gasteiger partial charge >= 0.3 is 0 Å². The standard InChI is InChI=1S/C18H21N5O2/c1-13-4-3-5-14(2)16(13)21-18-19-7-6-15(20-18)17(25)23-10-8-22(12-24)9-11-23/h3-7,12H,8-11H2,1-2H3,(H,19,20,21). The molecule has 1 N–H and O–H groups in total. The molecule has 1 saturated heterocycles. The first-order chi connectivity index (χ1) is 12.1. The number of rotatable bonds is 4. The van der Waals surface area contributed by atoms with Crippen LogP contribution in [0, 0.1) is 13.8 Å². The van der Waals surface area contributed by atoms with E-state index in [2.05, 4.69) is 15.3 Å². The van der Waals surface area contributed by atoms with E-state index in [1.54, 1.807) is 22.1 Å². The number of para-hydroxylation sites is 1. The lowest BCUT2D eigenvalue weighted by atomic mass is 10.1. The third kappa shape index (κ3) is 3.76. The zero-order chi connectivity index (χ0) is 17.8. The van der Waals surface area contributed by atoms with Crippen molar-refractivity contribution >= 4 is 24.0 Å². The van der Waals surface area contributed by atoms with Crippen molar-refractivity contribution in [2.75, 3.05) is 31.5 Å². The number of nitrogens with one attached hydrogen (secondary N) is 1. The van der Waals surface area contributed by atoms with Crippen molar-refractivity contribution in [1.82, 2.24) is 19.8 Å². The number of aryl methyl sites for hydroxylation is 2. The molecule has 0 spiro atoms. The predicted octanol–water partition coefficient (Wildman–Crippen LogP) is 1.75. The molecule has 0 atom stereocenters. The summed E-state index contributed by atoms with van der Waals surface area (Å²) in [5.74, 6) is 0.257. The molecule has 0 bridgehead atoms. The maximum atomic E-state index is 12.6. The highest BCUT2D eigenvalue weighted by Gasteiger charge is 2.22. The van der Waals surface area contributed by atoms with Crippen molar-refractivity contribution in [3.63, 3.8) is 0 Å². The Morgan fingerprint density at radius 3 is 2.44 bits per heavy atom. The number of benzene rings is 1. The molecule has 1 fully saturated rings. The summed E-state index contributed by atoms with van der Waals surface area (Å²) in [6, 6.07) is 7.63. The van der Waals surface area contributed by atoms with E-state index in [0.717, 1.165) is 23.2 Å². The number of aromatic nitrogens is 2. The van der Waals surface area contributed by atoms with Gasteiger partial charge in [0, 0.05) is 38.1 Å². The summed E-state index contributed by atoms with van der Waals surface area (Å²) in [5, 5.41) is 3.21. The minimum Gasteiger partial charge on any atom is -0.342 e. The normalized spacial score (nSPS) is 14.3. The maximum Gasteiger partial charge on any atom is 0.272 e. The van der Waals surface area contributed by atoms with Gasteiger partial charge in [0.1, 0.15) is 5.69 Å². The van der Waals surface area contributed by atoms with Crippen molar-refractivity contribution in [3.05, 3.63) is 47.3 Å². The second-order valence-electron chi connectivity index (χ2n) is 6.09. The Balaban J connectivity index is 1.75. The van der Waals surface area contributed by atoms with Crippen LogP contribution in [0.4, 0.5) is 11.6 Å². The monoisotopic (exact) mass is 339 g/mol. The summed E-state index contributed by atoms with van der Waals surface area (Å²) in [7, 11) is 0. The van der Waals surface area contributed by atoms with Crippen molar-refractivity contribution in [2.45, 2.75) is 13.8 Å². The third-order valence-corrected chi connectivity index (χ3v) is 4.34. The fraction of sp³-hybridized carbons (Fsp3) is 0.333. The van der Waals surface area contributed by atoms with Gasteiger partial charge in [-0.1, -0.05) is 18.2 Å². The number of carbonyl (C=O) groups excluding carboxylic acids is 2. The zero-order valence-corrected chi connectivity index (χ0v) is 14.4. The molecule has 2 aromatic rings. The fourth-order valence-electron chi connectivity index (χ4n) is 2.85. The van der Waals surface area contributed by atoms with Crippen molar-refractivity contribution in [3.8, 4) is 0 Å². The van der Waals surface area contributed by atoms with Gasteiger partial charge in [-0.05, 0) is 31.0 Å². The summed E-state index contributed by atoms with van der Waals surface area (Å²) in [6.45, 7) is 6.15. The van der Waals surface area contributed by atoms with Crippen LogP contribution in [0.15, 0.2) is 30.5 Å². The SMILES string of the molecule is Cc1cccc(C)c1Nc1nccc(C(=O)N2CCN(C=O)CC2)n1. The second-order valence-corrected chi connectivity index (χ2v) is 6.09. The predicted molar refractivity (Wildman–Crippen MR) is 94.8 cm³/mol. The van der Waals surface area contributed by atoms with E-state index in [9.17, 15) is 9.59 Å². The lowest BCUT2D eigenvalue weighted by molar-refractivity contribution is -0.119. The Kier molecular flexibility index (Phi) is 4.92. The van der Waals surface area contributed by atoms with Crippen molar-refractivity contribution in [1.29, 1.82) is 0 Å². The first-order valence-electron chi connectivity index (χ1n) is 8.23. The van der Waals surface area contributed by atoms with Gasteiger partial charge in [0.25, 0.3) is 5.91 Å². The molecule has 3 rings (SSSR count). The number of nitrogens with zero attached hydrogens (tertiary/aromatic N) is 4. The first kappa shape index (κ1) is 16.9. The van der Waals surface area contributed by atoms with E-state index < -0.39 is 0 Å². The van der Waals surface area contributed by atoms with E-state index >= 15 is 0 Å². The van der Waals surface area contributed by atoms with Gasteiger partial charge in [0.2, 0.25) is 12.4 Å². The summed E-state index contributed by atoms with van der Waals surface area (Å²) in [4.78, 5) is 35.4. The van der Waals surface area contributed by atoms with Crippen LogP contribution >= 0.6 is 0 Å². The molecule has 0 saturated carbocycles. The molecule has 0 unspecified atom stereocenters. The Morgan fingerprint density at radius 1 is 1.12 bits per heavy atom. The smallest absolute Gasteiger partial charge is 0.272 e. The Bertz CT molecular complexity index is 765. The van der Waals surface area contributed by atoms with Crippen LogP contribution in [0.3, 0.4) is 0 Å². The third-order valence-electron chi connectivity index (χ3n) is 4.34. The lowest BCUT2D eigenvalue weighted by Crippen LogP contribution is -2.48. The Labute approximate surface area is 146 Å². The molecule has 2 amide bonds. The molecule has 2 heterocycles. The molecule has 130 valence electrons. The van der Waals surface area contributed by atoms with Gasteiger partial charge in [0.15, 0.2) is 0 Å². The lowest BCUT2D eigenvalue weighted by Gasteiger charge is -2.32. The van der Waals surface area contributed by atoms with Gasteiger partial charge in [-0.25, -0.2) is 9.97 Å². The molecule has 7 nitrogen and oxygen atoms in total. The molecular formula is C18H21N5O2. The van der Waals surface area contributed by atoms with E-state index in [0.29, 0.717) is 37.8 Å². The van der Waals surface area contributed by atoms with E-state index in [1.807, 2.05) is 32.0 Å². The van der Waals surface area contributed by atoms with E-state index in [1.165, 1.54) is 0 Å². The largest absolute Gasteiger partial charge is 0.342 e. The first-order valence-corrected chi connectivity index (χ1v) is 8.23. The van der Waals surface area contributed by atoms with Crippen molar-refractivity contribution < 1.29 is 9.59 Å². The average molecular weight is 339 g/mol. The minimum absolute atomic E-state index is 0.141. The van der Waals surface area contributed by atoms with Gasteiger partial charge in [-0.15, -0.1) is 0 Å². The molecule has 0 aliphatic carbocycles. The number of hydrogen-bond acceptors (Lipinski definition) is 5. The molecule has 1 aliphatic heterocycles. The molecule has 25 heavy (non-hydrogen) atoms. The fourth-order valence-corrected chi connectivity index (χ4v) is 2.85. The van der Waals surface area contributed by atoms with Gasteiger partial charge < -0.3 is 15.1 Å². The molecular weight excluding hydrogens is 318 g/mol. The van der Waals surface area contributed by atoms with Gasteiger partial charge in [-0.2, -0.15) is 0 Å². The Hall–Kier alpha value is -2.96. The van der Waals surface area contributed by atoms with Crippen molar-refractivity contribution in [2.24, 2.45) is 0 Å². The zero-order valence-electron chi connectivity index (χ0n) is 14.4. The van der Waals surface area contributed by atoms with Gasteiger partial charge in [-0.3, -0.25) is 9.59 Å². The highest BCUT2D eigenvalue weighted by molar-refractivity contribution is 5.92.